The summed E-state index contributed by atoms with van der Waals surface area (Å²) in [4.78, 5) is 0. The Balaban J connectivity index is 0. The summed E-state index contributed by atoms with van der Waals surface area (Å²) in [7, 11) is 0. The van der Waals surface area contributed by atoms with Crippen LogP contribution < -0.4 is 29.6 Å². The van der Waals surface area contributed by atoms with Crippen molar-refractivity contribution < 1.29 is 41.9 Å². The van der Waals surface area contributed by atoms with Gasteiger partial charge in [-0.05, 0) is 0 Å². The fraction of sp³-hybridized carbons (Fsp3) is 0. The minimum atomic E-state index is 0. The van der Waals surface area contributed by atoms with Gasteiger partial charge in [0.05, 0.1) is 17.4 Å². The third-order valence-electron chi connectivity index (χ3n) is 0. The van der Waals surface area contributed by atoms with E-state index in [2.05, 4.69) is 0 Å². The molecule has 4 N–H and O–H groups in total. The molecule has 0 bridgehead atoms. The molecule has 0 aliphatic carbocycles. The summed E-state index contributed by atoms with van der Waals surface area (Å²) < 4.78 is 0. The van der Waals surface area contributed by atoms with Crippen LogP contribution in [-0.2, 0) is 0 Å². The Labute approximate surface area is 59.1 Å². The fourth-order valence-electron chi connectivity index (χ4n) is 0. The molecule has 0 aliphatic rings. The van der Waals surface area contributed by atoms with Crippen molar-refractivity contribution in [2.24, 2.45) is 0 Å². The number of hydrogen-bond acceptors (Lipinski definition) is 0. The Morgan fingerprint density at radius 1 is 1.00 bits per heavy atom. The van der Waals surface area contributed by atoms with E-state index in [0.717, 1.165) is 0 Å². The molecular weight excluding hydrogens is 82.0 g/mol. The molecule has 0 aromatic carbocycles. The molecule has 0 heterocycles. The third-order valence-corrected chi connectivity index (χ3v) is 0. The van der Waals surface area contributed by atoms with E-state index < -0.39 is 0 Å². The summed E-state index contributed by atoms with van der Waals surface area (Å²) in [5.74, 6) is 0. The normalized spacial score (nSPS) is 0. The van der Waals surface area contributed by atoms with Crippen molar-refractivity contribution in [3.8, 4) is 0 Å². The van der Waals surface area contributed by atoms with Crippen LogP contribution in [0.2, 0.25) is 0 Å². The summed E-state index contributed by atoms with van der Waals surface area (Å²) in [6, 6.07) is 0. The van der Waals surface area contributed by atoms with Crippen molar-refractivity contribution in [1.29, 1.82) is 0 Å². The SMILES string of the molecule is O.O.[AlH].[H-].[Na+]. The molecule has 0 saturated carbocycles. The standard InChI is InChI=1S/Al.Na.2H2O.2H/h;;2*1H2;;/q;+1;;;;-1. The van der Waals surface area contributed by atoms with Gasteiger partial charge in [-0.3, -0.25) is 0 Å². The van der Waals surface area contributed by atoms with Crippen molar-refractivity contribution in [2.75, 3.05) is 0 Å². The van der Waals surface area contributed by atoms with Crippen LogP contribution in [0.3, 0.4) is 0 Å². The van der Waals surface area contributed by atoms with E-state index >= 15 is 0 Å². The molecule has 0 atom stereocenters. The van der Waals surface area contributed by atoms with E-state index in [4.69, 9.17) is 0 Å². The molecule has 2 nitrogen and oxygen atoms in total. The molecule has 0 unspecified atom stereocenters. The minimum Gasteiger partial charge on any atom is -1.00 e. The minimum absolute atomic E-state index is 0. The molecule has 0 rings (SSSR count). The van der Waals surface area contributed by atoms with E-state index in [9.17, 15) is 0 Å². The van der Waals surface area contributed by atoms with Gasteiger partial charge in [-0.15, -0.1) is 0 Å². The van der Waals surface area contributed by atoms with E-state index in [0.29, 0.717) is 0 Å². The topological polar surface area (TPSA) is 63.0 Å². The first-order valence-electron chi connectivity index (χ1n) is 0. The van der Waals surface area contributed by atoms with Crippen LogP contribution in [0.5, 0.6) is 0 Å². The van der Waals surface area contributed by atoms with Crippen LogP contribution in [-0.4, -0.2) is 28.3 Å². The van der Waals surface area contributed by atoms with E-state index in [1.165, 1.54) is 0 Å². The molecule has 4 heavy (non-hydrogen) atoms. The summed E-state index contributed by atoms with van der Waals surface area (Å²) in [6.07, 6.45) is 0. The maximum absolute atomic E-state index is 0. The summed E-state index contributed by atoms with van der Waals surface area (Å²) >= 11 is 0. The average Bonchev–Trinajstić information content (AvgIpc) is 0. The van der Waals surface area contributed by atoms with E-state index in [1.54, 1.807) is 0 Å². The van der Waals surface area contributed by atoms with Gasteiger partial charge in [0.15, 0.2) is 0 Å². The maximum Gasteiger partial charge on any atom is 1.00 e. The van der Waals surface area contributed by atoms with Crippen LogP contribution in [0.15, 0.2) is 0 Å². The molecule has 0 aromatic heterocycles. The van der Waals surface area contributed by atoms with Gasteiger partial charge < -0.3 is 12.4 Å². The summed E-state index contributed by atoms with van der Waals surface area (Å²) in [5, 5.41) is 0. The van der Waals surface area contributed by atoms with Gasteiger partial charge in [0, 0.05) is 0 Å². The van der Waals surface area contributed by atoms with Crippen molar-refractivity contribution in [3.05, 3.63) is 0 Å². The fourth-order valence-corrected chi connectivity index (χ4v) is 0. The first kappa shape index (κ1) is 51.2. The Kier molecular flexibility index (Phi) is 322. The van der Waals surface area contributed by atoms with Crippen molar-refractivity contribution >= 4 is 17.4 Å². The van der Waals surface area contributed by atoms with Crippen molar-refractivity contribution in [2.45, 2.75) is 0 Å². The van der Waals surface area contributed by atoms with E-state index in [-0.39, 0.29) is 59.3 Å². The first-order valence-corrected chi connectivity index (χ1v) is 0. The molecule has 0 fully saturated rings. The van der Waals surface area contributed by atoms with Crippen LogP contribution >= 0.6 is 0 Å². The summed E-state index contributed by atoms with van der Waals surface area (Å²) in [5.41, 5.74) is 0. The number of hydrogen-bond donors (Lipinski definition) is 0. The molecule has 0 saturated heterocycles. The largest absolute Gasteiger partial charge is 1.00 e. The second-order valence-electron chi connectivity index (χ2n) is 0. The Morgan fingerprint density at radius 3 is 1.00 bits per heavy atom. The second-order valence-corrected chi connectivity index (χ2v) is 0. The first-order chi connectivity index (χ1) is 0. The zero-order valence-electron chi connectivity index (χ0n) is 3.71. The van der Waals surface area contributed by atoms with Gasteiger partial charge in [0.2, 0.25) is 0 Å². The molecule has 4 heteroatoms. The van der Waals surface area contributed by atoms with Gasteiger partial charge >= 0.3 is 29.6 Å². The third kappa shape index (κ3) is 9.84. The van der Waals surface area contributed by atoms with Gasteiger partial charge in [-0.25, -0.2) is 0 Å². The summed E-state index contributed by atoms with van der Waals surface area (Å²) in [6.45, 7) is 0. The molecule has 0 aromatic rings. The van der Waals surface area contributed by atoms with E-state index in [1.807, 2.05) is 0 Å². The molecule has 0 spiro atoms. The Bertz CT molecular complexity index is 9.61. The van der Waals surface area contributed by atoms with Crippen molar-refractivity contribution in [1.82, 2.24) is 0 Å². The van der Waals surface area contributed by atoms with Gasteiger partial charge in [-0.1, -0.05) is 0 Å². The quantitative estimate of drug-likeness (QED) is 0.266. The predicted molar refractivity (Wildman–Crippen MR) is 15.5 cm³/mol. The smallest absolute Gasteiger partial charge is 1.00 e. The van der Waals surface area contributed by atoms with Crippen LogP contribution in [0.25, 0.3) is 0 Å². The van der Waals surface area contributed by atoms with Gasteiger partial charge in [0.1, 0.15) is 0 Å². The molecule has 0 amide bonds. The number of rotatable bonds is 0. The molecular formula is H6AlNaO2. The molecule has 0 aliphatic heterocycles. The van der Waals surface area contributed by atoms with Crippen LogP contribution in [0.4, 0.5) is 0 Å². The van der Waals surface area contributed by atoms with Gasteiger partial charge in [-0.2, -0.15) is 0 Å². The molecule has 22 valence electrons. The average molecular weight is 88.0 g/mol. The Hall–Kier alpha value is 1.45. The van der Waals surface area contributed by atoms with Crippen LogP contribution in [0.1, 0.15) is 1.43 Å². The maximum atomic E-state index is 0. The zero-order chi connectivity index (χ0) is 0. The zero-order valence-corrected chi connectivity index (χ0v) is 6.12. The van der Waals surface area contributed by atoms with Gasteiger partial charge in [0.25, 0.3) is 0 Å². The molecule has 2 radical (unpaired) electrons. The second kappa shape index (κ2) is 25.2. The Morgan fingerprint density at radius 2 is 1.00 bits per heavy atom. The van der Waals surface area contributed by atoms with Crippen LogP contribution in [0, 0.1) is 0 Å². The van der Waals surface area contributed by atoms with Crippen molar-refractivity contribution in [3.63, 3.8) is 0 Å². The monoisotopic (exact) mass is 88.0 g/mol. The predicted octanol–water partition coefficient (Wildman–Crippen LogP) is -5.18.